The molecule has 0 fully saturated rings. The van der Waals surface area contributed by atoms with Crippen LogP contribution in [0.25, 0.3) is 0 Å². The number of nitrogens with zero attached hydrogens (tertiary/aromatic N) is 4. The Morgan fingerprint density at radius 2 is 1.95 bits per heavy atom. The molecule has 2 rings (SSSR count). The molecule has 0 bridgehead atoms. The van der Waals surface area contributed by atoms with Crippen LogP contribution in [0.3, 0.4) is 0 Å². The normalized spacial score (nSPS) is 14.1. The smallest absolute Gasteiger partial charge is 0.145 e. The molecule has 21 heavy (non-hydrogen) atoms. The van der Waals surface area contributed by atoms with E-state index in [0.717, 1.165) is 36.5 Å². The summed E-state index contributed by atoms with van der Waals surface area (Å²) in [5.41, 5.74) is 2.15. The quantitative estimate of drug-likeness (QED) is 0.851. The molecular formula is C16H25N5. The number of hydrogen-bond donors (Lipinski definition) is 1. The Morgan fingerprint density at radius 1 is 1.24 bits per heavy atom. The number of aromatic nitrogens is 4. The van der Waals surface area contributed by atoms with Gasteiger partial charge >= 0.3 is 0 Å². The molecule has 2 aromatic heterocycles. The molecule has 0 aliphatic rings. The predicted molar refractivity (Wildman–Crippen MR) is 84.1 cm³/mol. The van der Waals surface area contributed by atoms with Crippen LogP contribution in [-0.2, 0) is 6.42 Å². The molecule has 0 saturated carbocycles. The van der Waals surface area contributed by atoms with Gasteiger partial charge in [-0.05, 0) is 38.4 Å². The van der Waals surface area contributed by atoms with Crippen LogP contribution in [0.2, 0.25) is 0 Å². The van der Waals surface area contributed by atoms with E-state index >= 15 is 0 Å². The molecule has 114 valence electrons. The summed E-state index contributed by atoms with van der Waals surface area (Å²) >= 11 is 0. The van der Waals surface area contributed by atoms with E-state index in [2.05, 4.69) is 53.4 Å². The van der Waals surface area contributed by atoms with Crippen molar-refractivity contribution in [2.45, 2.75) is 52.6 Å². The molecule has 0 amide bonds. The van der Waals surface area contributed by atoms with Crippen molar-refractivity contribution < 1.29 is 0 Å². The summed E-state index contributed by atoms with van der Waals surface area (Å²) in [7, 11) is 0. The molecule has 0 radical (unpaired) electrons. The van der Waals surface area contributed by atoms with Gasteiger partial charge in [-0.15, -0.1) is 0 Å². The molecule has 0 saturated heterocycles. The molecule has 2 atom stereocenters. The summed E-state index contributed by atoms with van der Waals surface area (Å²) in [4.78, 5) is 8.89. The van der Waals surface area contributed by atoms with Crippen molar-refractivity contribution in [1.82, 2.24) is 25.1 Å². The molecule has 2 unspecified atom stereocenters. The summed E-state index contributed by atoms with van der Waals surface area (Å²) < 4.78 is 2.04. The minimum Gasteiger partial charge on any atom is -0.307 e. The lowest BCUT2D eigenvalue weighted by Gasteiger charge is -2.15. The minimum atomic E-state index is 0.107. The van der Waals surface area contributed by atoms with E-state index in [0.29, 0.717) is 6.04 Å². The third-order valence-electron chi connectivity index (χ3n) is 3.68. The van der Waals surface area contributed by atoms with Gasteiger partial charge in [0, 0.05) is 31.1 Å². The Bertz CT molecular complexity index is 546. The Balaban J connectivity index is 2.12. The zero-order chi connectivity index (χ0) is 15.2. The fourth-order valence-corrected chi connectivity index (χ4v) is 2.21. The third kappa shape index (κ3) is 4.11. The van der Waals surface area contributed by atoms with E-state index in [1.54, 1.807) is 0 Å². The maximum atomic E-state index is 4.67. The SMILES string of the molecule is CCNC(Cc1ccn(C(C)CC)n1)c1ncc(C)cn1. The zero-order valence-corrected chi connectivity index (χ0v) is 13.4. The Morgan fingerprint density at radius 3 is 2.57 bits per heavy atom. The molecule has 2 heterocycles. The molecule has 0 aliphatic heterocycles. The number of rotatable bonds is 7. The van der Waals surface area contributed by atoms with Gasteiger partial charge in [0.1, 0.15) is 5.82 Å². The third-order valence-corrected chi connectivity index (χ3v) is 3.68. The van der Waals surface area contributed by atoms with Crippen molar-refractivity contribution in [2.75, 3.05) is 6.54 Å². The van der Waals surface area contributed by atoms with Crippen LogP contribution in [-0.4, -0.2) is 26.3 Å². The highest BCUT2D eigenvalue weighted by molar-refractivity contribution is 5.09. The monoisotopic (exact) mass is 287 g/mol. The fraction of sp³-hybridized carbons (Fsp3) is 0.562. The number of nitrogens with one attached hydrogen (secondary N) is 1. The summed E-state index contributed by atoms with van der Waals surface area (Å²) in [6.07, 6.45) is 7.68. The second-order valence-electron chi connectivity index (χ2n) is 5.48. The van der Waals surface area contributed by atoms with Crippen molar-refractivity contribution in [3.63, 3.8) is 0 Å². The number of likely N-dealkylation sites (N-methyl/N-ethyl adjacent to an activating group) is 1. The molecule has 5 heteroatoms. The highest BCUT2D eigenvalue weighted by Crippen LogP contribution is 2.16. The second-order valence-corrected chi connectivity index (χ2v) is 5.48. The van der Waals surface area contributed by atoms with Crippen molar-refractivity contribution in [1.29, 1.82) is 0 Å². The summed E-state index contributed by atoms with van der Waals surface area (Å²) in [6, 6.07) is 2.63. The van der Waals surface area contributed by atoms with Gasteiger partial charge < -0.3 is 5.32 Å². The fourth-order valence-electron chi connectivity index (χ4n) is 2.21. The van der Waals surface area contributed by atoms with Crippen LogP contribution < -0.4 is 5.32 Å². The van der Waals surface area contributed by atoms with Crippen LogP contribution in [0.15, 0.2) is 24.7 Å². The highest BCUT2D eigenvalue weighted by Gasteiger charge is 2.16. The maximum absolute atomic E-state index is 4.67. The average Bonchev–Trinajstić information content (AvgIpc) is 2.95. The zero-order valence-electron chi connectivity index (χ0n) is 13.4. The number of aryl methyl sites for hydroxylation is 1. The largest absolute Gasteiger partial charge is 0.307 e. The van der Waals surface area contributed by atoms with Gasteiger partial charge in [0.15, 0.2) is 0 Å². The number of hydrogen-bond acceptors (Lipinski definition) is 4. The first-order chi connectivity index (χ1) is 10.1. The molecule has 5 nitrogen and oxygen atoms in total. The van der Waals surface area contributed by atoms with Crippen LogP contribution in [0.4, 0.5) is 0 Å². The van der Waals surface area contributed by atoms with Gasteiger partial charge in [0.2, 0.25) is 0 Å². The Hall–Kier alpha value is -1.75. The first-order valence-electron chi connectivity index (χ1n) is 7.70. The van der Waals surface area contributed by atoms with Gasteiger partial charge in [-0.1, -0.05) is 13.8 Å². The highest BCUT2D eigenvalue weighted by atomic mass is 15.3. The minimum absolute atomic E-state index is 0.107. The first kappa shape index (κ1) is 15.6. The standard InChI is InChI=1S/C16H25N5/c1-5-13(4)21-8-7-14(20-21)9-15(17-6-2)16-18-10-12(3)11-19-16/h7-8,10-11,13,15,17H,5-6,9H2,1-4H3. The van der Waals surface area contributed by atoms with Crippen molar-refractivity contribution >= 4 is 0 Å². The molecule has 0 spiro atoms. The van der Waals surface area contributed by atoms with Gasteiger partial charge in [-0.25, -0.2) is 9.97 Å². The van der Waals surface area contributed by atoms with Crippen molar-refractivity contribution in [3.05, 3.63) is 41.7 Å². The van der Waals surface area contributed by atoms with E-state index in [1.807, 2.05) is 24.0 Å². The lowest BCUT2D eigenvalue weighted by molar-refractivity contribution is 0.463. The van der Waals surface area contributed by atoms with E-state index in [1.165, 1.54) is 0 Å². The average molecular weight is 287 g/mol. The van der Waals surface area contributed by atoms with Crippen LogP contribution in [0.5, 0.6) is 0 Å². The van der Waals surface area contributed by atoms with E-state index < -0.39 is 0 Å². The van der Waals surface area contributed by atoms with Gasteiger partial charge in [0.25, 0.3) is 0 Å². The molecular weight excluding hydrogens is 262 g/mol. The van der Waals surface area contributed by atoms with Crippen LogP contribution in [0.1, 0.15) is 56.4 Å². The molecule has 1 N–H and O–H groups in total. The maximum Gasteiger partial charge on any atom is 0.145 e. The molecule has 2 aromatic rings. The van der Waals surface area contributed by atoms with Gasteiger partial charge in [-0.2, -0.15) is 5.10 Å². The lowest BCUT2D eigenvalue weighted by atomic mass is 10.1. The van der Waals surface area contributed by atoms with Crippen molar-refractivity contribution in [2.24, 2.45) is 0 Å². The van der Waals surface area contributed by atoms with Gasteiger partial charge in [-0.3, -0.25) is 4.68 Å². The van der Waals surface area contributed by atoms with E-state index in [-0.39, 0.29) is 6.04 Å². The van der Waals surface area contributed by atoms with Crippen molar-refractivity contribution in [3.8, 4) is 0 Å². The van der Waals surface area contributed by atoms with Crippen LogP contribution in [0, 0.1) is 6.92 Å². The Labute approximate surface area is 126 Å². The topological polar surface area (TPSA) is 55.6 Å². The van der Waals surface area contributed by atoms with E-state index in [4.69, 9.17) is 0 Å². The summed E-state index contributed by atoms with van der Waals surface area (Å²) in [5, 5.41) is 8.11. The second kappa shape index (κ2) is 7.31. The predicted octanol–water partition coefficient (Wildman–Crippen LogP) is 2.85. The van der Waals surface area contributed by atoms with Gasteiger partial charge in [0.05, 0.1) is 11.7 Å². The van der Waals surface area contributed by atoms with E-state index in [9.17, 15) is 0 Å². The lowest BCUT2D eigenvalue weighted by Crippen LogP contribution is -2.25. The summed E-state index contributed by atoms with van der Waals surface area (Å²) in [5.74, 6) is 0.834. The Kier molecular flexibility index (Phi) is 5.44. The molecule has 0 aromatic carbocycles. The first-order valence-corrected chi connectivity index (χ1v) is 7.70. The van der Waals surface area contributed by atoms with Crippen LogP contribution >= 0.6 is 0 Å². The molecule has 0 aliphatic carbocycles. The summed E-state index contributed by atoms with van der Waals surface area (Å²) in [6.45, 7) is 9.34.